The number of aliphatic hydroxyl groups excluding tert-OH is 1. The molecule has 1 atom stereocenters. The summed E-state index contributed by atoms with van der Waals surface area (Å²) in [6.45, 7) is 7.38. The van der Waals surface area contributed by atoms with Gasteiger partial charge in [-0.15, -0.1) is 0 Å². The van der Waals surface area contributed by atoms with Gasteiger partial charge in [-0.25, -0.2) is 8.78 Å². The summed E-state index contributed by atoms with van der Waals surface area (Å²) in [6, 6.07) is 2.75. The fraction of sp³-hybridized carbons (Fsp3) is 0.529. The van der Waals surface area contributed by atoms with E-state index >= 15 is 0 Å². The molecule has 0 aliphatic rings. The number of hydrogen-bond acceptors (Lipinski definition) is 3. The molecule has 0 spiro atoms. The van der Waals surface area contributed by atoms with Crippen molar-refractivity contribution in [1.29, 1.82) is 0 Å². The maximum atomic E-state index is 13.1. The van der Waals surface area contributed by atoms with Gasteiger partial charge in [0.25, 0.3) is 5.91 Å². The Morgan fingerprint density at radius 2 is 1.79 bits per heavy atom. The normalized spacial score (nSPS) is 12.8. The third kappa shape index (κ3) is 5.56. The van der Waals surface area contributed by atoms with Gasteiger partial charge in [-0.2, -0.15) is 0 Å². The number of rotatable bonds is 7. The molecule has 1 unspecified atom stereocenters. The first kappa shape index (κ1) is 20.0. The van der Waals surface area contributed by atoms with Crippen molar-refractivity contribution in [3.63, 3.8) is 0 Å². The number of halogens is 2. The molecule has 0 heterocycles. The molecule has 0 radical (unpaired) electrons. The molecule has 0 bridgehead atoms. The average molecular weight is 342 g/mol. The molecule has 0 saturated heterocycles. The molecule has 7 heteroatoms. The van der Waals surface area contributed by atoms with E-state index in [1.807, 2.05) is 27.7 Å². The van der Waals surface area contributed by atoms with Crippen molar-refractivity contribution >= 4 is 11.8 Å². The molecule has 134 valence electrons. The highest BCUT2D eigenvalue weighted by Crippen LogP contribution is 2.24. The van der Waals surface area contributed by atoms with Crippen molar-refractivity contribution in [2.24, 2.45) is 11.3 Å². The van der Waals surface area contributed by atoms with Gasteiger partial charge >= 0.3 is 0 Å². The van der Waals surface area contributed by atoms with E-state index in [0.717, 1.165) is 18.2 Å². The molecule has 0 aliphatic carbocycles. The average Bonchev–Trinajstić information content (AvgIpc) is 2.52. The Labute approximate surface area is 140 Å². The van der Waals surface area contributed by atoms with E-state index in [0.29, 0.717) is 0 Å². The van der Waals surface area contributed by atoms with E-state index in [1.54, 1.807) is 0 Å². The highest BCUT2D eigenvalue weighted by molar-refractivity contribution is 5.96. The summed E-state index contributed by atoms with van der Waals surface area (Å²) >= 11 is 0. The second-order valence-corrected chi connectivity index (χ2v) is 6.77. The Morgan fingerprint density at radius 1 is 1.17 bits per heavy atom. The van der Waals surface area contributed by atoms with E-state index < -0.39 is 35.0 Å². The van der Waals surface area contributed by atoms with Crippen molar-refractivity contribution < 1.29 is 23.5 Å². The van der Waals surface area contributed by atoms with Gasteiger partial charge in [0.2, 0.25) is 5.91 Å². The van der Waals surface area contributed by atoms with E-state index in [1.165, 1.54) is 0 Å². The van der Waals surface area contributed by atoms with Crippen LogP contribution in [0.25, 0.3) is 0 Å². The van der Waals surface area contributed by atoms with Crippen LogP contribution >= 0.6 is 0 Å². The zero-order chi connectivity index (χ0) is 18.5. The summed E-state index contributed by atoms with van der Waals surface area (Å²) in [5, 5.41) is 15.1. The van der Waals surface area contributed by atoms with E-state index in [-0.39, 0.29) is 24.6 Å². The van der Waals surface area contributed by atoms with Crippen LogP contribution in [0.5, 0.6) is 0 Å². The zero-order valence-corrected chi connectivity index (χ0v) is 14.3. The second kappa shape index (κ2) is 8.19. The van der Waals surface area contributed by atoms with Crippen molar-refractivity contribution in [1.82, 2.24) is 10.6 Å². The summed E-state index contributed by atoms with van der Waals surface area (Å²) in [5.74, 6) is -3.24. The van der Waals surface area contributed by atoms with Crippen LogP contribution in [-0.4, -0.2) is 36.1 Å². The molecule has 3 N–H and O–H groups in total. The van der Waals surface area contributed by atoms with E-state index in [4.69, 9.17) is 0 Å². The van der Waals surface area contributed by atoms with Gasteiger partial charge in [0, 0.05) is 17.5 Å². The molecule has 2 amide bonds. The lowest BCUT2D eigenvalue weighted by molar-refractivity contribution is -0.121. The number of amides is 2. The second-order valence-electron chi connectivity index (χ2n) is 6.77. The minimum Gasteiger partial charge on any atom is -0.392 e. The first-order valence-electron chi connectivity index (χ1n) is 7.72. The van der Waals surface area contributed by atoms with Crippen molar-refractivity contribution in [2.75, 3.05) is 13.1 Å². The zero-order valence-electron chi connectivity index (χ0n) is 14.3. The lowest BCUT2D eigenvalue weighted by Gasteiger charge is -2.33. The molecular formula is C17H24F2N2O3. The lowest BCUT2D eigenvalue weighted by atomic mass is 9.81. The quantitative estimate of drug-likeness (QED) is 0.708. The van der Waals surface area contributed by atoms with Crippen LogP contribution in [0.3, 0.4) is 0 Å². The standard InChI is InChI=1S/C17H24F2N2O3/c1-10(2)15(23)17(3,4)9-21-14(22)8-20-16(24)11-5-6-12(18)13(19)7-11/h5-7,10,15,23H,8-9H2,1-4H3,(H,20,24)(H,21,22). The molecule has 0 aliphatic heterocycles. The van der Waals surface area contributed by atoms with Crippen LogP contribution in [0.4, 0.5) is 8.78 Å². The number of aliphatic hydroxyl groups is 1. The first-order chi connectivity index (χ1) is 11.0. The van der Waals surface area contributed by atoms with Crippen LogP contribution in [0.1, 0.15) is 38.1 Å². The van der Waals surface area contributed by atoms with Gasteiger partial charge in [-0.3, -0.25) is 9.59 Å². The smallest absolute Gasteiger partial charge is 0.251 e. The molecule has 0 saturated carbocycles. The van der Waals surface area contributed by atoms with E-state index in [2.05, 4.69) is 10.6 Å². The Kier molecular flexibility index (Phi) is 6.83. The summed E-state index contributed by atoms with van der Waals surface area (Å²) in [6.07, 6.45) is -0.588. The number of hydrogen-bond donors (Lipinski definition) is 3. The van der Waals surface area contributed by atoms with Crippen LogP contribution in [-0.2, 0) is 4.79 Å². The summed E-state index contributed by atoms with van der Waals surface area (Å²) in [4.78, 5) is 23.6. The molecule has 0 aromatic heterocycles. The van der Waals surface area contributed by atoms with Crippen LogP contribution in [0.15, 0.2) is 18.2 Å². The molecule has 1 aromatic carbocycles. The predicted octanol–water partition coefficient (Wildman–Crippen LogP) is 1.85. The van der Waals surface area contributed by atoms with Gasteiger partial charge in [0.1, 0.15) is 0 Å². The largest absolute Gasteiger partial charge is 0.392 e. The number of carbonyl (C=O) groups is 2. The van der Waals surface area contributed by atoms with Crippen LogP contribution in [0.2, 0.25) is 0 Å². The maximum absolute atomic E-state index is 13.1. The SMILES string of the molecule is CC(C)C(O)C(C)(C)CNC(=O)CNC(=O)c1ccc(F)c(F)c1. The molecule has 5 nitrogen and oxygen atoms in total. The van der Waals surface area contributed by atoms with Crippen molar-refractivity contribution in [2.45, 2.75) is 33.8 Å². The Morgan fingerprint density at radius 3 is 2.33 bits per heavy atom. The van der Waals surface area contributed by atoms with Crippen LogP contribution < -0.4 is 10.6 Å². The summed E-state index contributed by atoms with van der Waals surface area (Å²) in [7, 11) is 0. The number of carbonyl (C=O) groups excluding carboxylic acids is 2. The highest BCUT2D eigenvalue weighted by Gasteiger charge is 2.30. The predicted molar refractivity (Wildman–Crippen MR) is 86.3 cm³/mol. The Hall–Kier alpha value is -2.02. The highest BCUT2D eigenvalue weighted by atomic mass is 19.2. The number of nitrogens with one attached hydrogen (secondary N) is 2. The minimum absolute atomic E-state index is 0.0463. The molecule has 1 aromatic rings. The van der Waals surface area contributed by atoms with Crippen molar-refractivity contribution in [3.8, 4) is 0 Å². The monoisotopic (exact) mass is 342 g/mol. The van der Waals surface area contributed by atoms with Gasteiger partial charge in [0.05, 0.1) is 12.6 Å². The molecule has 1 rings (SSSR count). The maximum Gasteiger partial charge on any atom is 0.251 e. The molecule has 24 heavy (non-hydrogen) atoms. The minimum atomic E-state index is -1.13. The van der Waals surface area contributed by atoms with Crippen LogP contribution in [0, 0.1) is 23.0 Å². The Bertz CT molecular complexity index is 603. The topological polar surface area (TPSA) is 78.4 Å². The fourth-order valence-corrected chi connectivity index (χ4v) is 2.30. The Balaban J connectivity index is 2.48. The van der Waals surface area contributed by atoms with E-state index in [9.17, 15) is 23.5 Å². The molecule has 0 fully saturated rings. The molecular weight excluding hydrogens is 318 g/mol. The number of benzene rings is 1. The lowest BCUT2D eigenvalue weighted by Crippen LogP contribution is -2.46. The van der Waals surface area contributed by atoms with Gasteiger partial charge in [-0.05, 0) is 24.1 Å². The third-order valence-corrected chi connectivity index (χ3v) is 3.76. The van der Waals surface area contributed by atoms with Gasteiger partial charge < -0.3 is 15.7 Å². The summed E-state index contributed by atoms with van der Waals surface area (Å²) < 4.78 is 25.9. The first-order valence-corrected chi connectivity index (χ1v) is 7.72. The van der Waals surface area contributed by atoms with Gasteiger partial charge in [0.15, 0.2) is 11.6 Å². The van der Waals surface area contributed by atoms with Crippen molar-refractivity contribution in [3.05, 3.63) is 35.4 Å². The van der Waals surface area contributed by atoms with Gasteiger partial charge in [-0.1, -0.05) is 27.7 Å². The summed E-state index contributed by atoms with van der Waals surface area (Å²) in [5.41, 5.74) is -0.592. The third-order valence-electron chi connectivity index (χ3n) is 3.76. The fourth-order valence-electron chi connectivity index (χ4n) is 2.30.